The molecule has 0 aromatic heterocycles. The van der Waals surface area contributed by atoms with Crippen LogP contribution in [0.1, 0.15) is 26.2 Å². The van der Waals surface area contributed by atoms with Gasteiger partial charge in [0.15, 0.2) is 0 Å². The molecule has 2 rings (SSSR count). The first kappa shape index (κ1) is 18.3. The number of halogens is 1. The van der Waals surface area contributed by atoms with Crippen LogP contribution in [0, 0.1) is 5.82 Å². The van der Waals surface area contributed by atoms with Crippen molar-refractivity contribution in [1.82, 2.24) is 9.21 Å². The van der Waals surface area contributed by atoms with Gasteiger partial charge in [-0.1, -0.05) is 6.92 Å². The second kappa shape index (κ2) is 8.19. The zero-order valence-electron chi connectivity index (χ0n) is 13.6. The lowest BCUT2D eigenvalue weighted by molar-refractivity contribution is 0.162. The van der Waals surface area contributed by atoms with E-state index in [9.17, 15) is 12.8 Å². The summed E-state index contributed by atoms with van der Waals surface area (Å²) in [6, 6.07) is 5.08. The van der Waals surface area contributed by atoms with E-state index in [-0.39, 0.29) is 10.9 Å². The zero-order chi connectivity index (χ0) is 16.9. The maximum atomic E-state index is 13.1. The molecule has 130 valence electrons. The first-order chi connectivity index (χ1) is 11.0. The van der Waals surface area contributed by atoms with E-state index < -0.39 is 15.8 Å². The molecule has 1 aromatic rings. The van der Waals surface area contributed by atoms with Crippen LogP contribution in [0.2, 0.25) is 0 Å². The van der Waals surface area contributed by atoms with E-state index in [1.54, 1.807) is 4.31 Å². The second-order valence-electron chi connectivity index (χ2n) is 5.93. The van der Waals surface area contributed by atoms with Gasteiger partial charge in [-0.05, 0) is 56.6 Å². The molecule has 0 aliphatic carbocycles. The van der Waals surface area contributed by atoms with Crippen molar-refractivity contribution < 1.29 is 12.8 Å². The predicted molar refractivity (Wildman–Crippen MR) is 89.1 cm³/mol. The molecular formula is C16H26FN3O2S. The van der Waals surface area contributed by atoms with Crippen LogP contribution in [-0.2, 0) is 10.0 Å². The van der Waals surface area contributed by atoms with Crippen LogP contribution in [0.3, 0.4) is 0 Å². The largest absolute Gasteiger partial charge is 0.329 e. The highest BCUT2D eigenvalue weighted by molar-refractivity contribution is 7.89. The molecule has 23 heavy (non-hydrogen) atoms. The Morgan fingerprint density at radius 1 is 1.26 bits per heavy atom. The summed E-state index contributed by atoms with van der Waals surface area (Å²) in [6.07, 6.45) is 2.37. The Morgan fingerprint density at radius 2 is 1.87 bits per heavy atom. The molecule has 0 saturated carbocycles. The van der Waals surface area contributed by atoms with Gasteiger partial charge in [-0.3, -0.25) is 0 Å². The van der Waals surface area contributed by atoms with Gasteiger partial charge in [0.2, 0.25) is 10.0 Å². The zero-order valence-corrected chi connectivity index (χ0v) is 14.4. The van der Waals surface area contributed by atoms with Gasteiger partial charge in [-0.2, -0.15) is 4.31 Å². The van der Waals surface area contributed by atoms with Gasteiger partial charge in [0, 0.05) is 25.7 Å². The van der Waals surface area contributed by atoms with E-state index in [1.807, 2.05) is 6.92 Å². The van der Waals surface area contributed by atoms with Crippen molar-refractivity contribution in [3.63, 3.8) is 0 Å². The second-order valence-corrected chi connectivity index (χ2v) is 7.82. The van der Waals surface area contributed by atoms with Crippen molar-refractivity contribution in [3.8, 4) is 0 Å². The van der Waals surface area contributed by atoms with Crippen LogP contribution in [0.4, 0.5) is 4.39 Å². The minimum absolute atomic E-state index is 0.000900. The Labute approximate surface area is 138 Å². The molecule has 1 aliphatic rings. The van der Waals surface area contributed by atoms with E-state index >= 15 is 0 Å². The van der Waals surface area contributed by atoms with Crippen LogP contribution in [-0.4, -0.2) is 56.4 Å². The summed E-state index contributed by atoms with van der Waals surface area (Å²) >= 11 is 0. The first-order valence-corrected chi connectivity index (χ1v) is 9.63. The van der Waals surface area contributed by atoms with Gasteiger partial charge in [0.25, 0.3) is 0 Å². The van der Waals surface area contributed by atoms with Gasteiger partial charge >= 0.3 is 0 Å². The lowest BCUT2D eigenvalue weighted by atomic mass is 10.0. The molecule has 1 aromatic carbocycles. The van der Waals surface area contributed by atoms with Crippen LogP contribution >= 0.6 is 0 Å². The third-order valence-electron chi connectivity index (χ3n) is 4.27. The lowest BCUT2D eigenvalue weighted by Crippen LogP contribution is -2.48. The number of likely N-dealkylation sites (tertiary alicyclic amines) is 1. The number of benzene rings is 1. The number of sulfonamides is 1. The molecule has 1 aliphatic heterocycles. The quantitative estimate of drug-likeness (QED) is 0.817. The number of nitrogens with zero attached hydrogens (tertiary/aromatic N) is 2. The first-order valence-electron chi connectivity index (χ1n) is 8.19. The van der Waals surface area contributed by atoms with Crippen molar-refractivity contribution in [1.29, 1.82) is 0 Å². The SMILES string of the molecule is CCCN(C1CCN(CCN)CC1)S(=O)(=O)c1ccc(F)cc1. The number of rotatable bonds is 7. The maximum absolute atomic E-state index is 13.1. The van der Waals surface area contributed by atoms with Crippen LogP contribution in [0.5, 0.6) is 0 Å². The fraction of sp³-hybridized carbons (Fsp3) is 0.625. The topological polar surface area (TPSA) is 66.6 Å². The third-order valence-corrected chi connectivity index (χ3v) is 6.24. The van der Waals surface area contributed by atoms with Crippen molar-refractivity contribution in [2.24, 2.45) is 5.73 Å². The standard InChI is InChI=1S/C16H26FN3O2S/c1-2-10-20(15-7-11-19(12-8-15)13-9-18)23(21,22)16-5-3-14(17)4-6-16/h3-6,15H,2,7-13,18H2,1H3. The summed E-state index contributed by atoms with van der Waals surface area (Å²) < 4.78 is 40.5. The molecule has 0 amide bonds. The Balaban J connectivity index is 2.16. The Morgan fingerprint density at radius 3 is 2.39 bits per heavy atom. The molecule has 0 atom stereocenters. The molecule has 1 saturated heterocycles. The lowest BCUT2D eigenvalue weighted by Gasteiger charge is -2.37. The summed E-state index contributed by atoms with van der Waals surface area (Å²) in [4.78, 5) is 2.43. The van der Waals surface area contributed by atoms with Crippen LogP contribution < -0.4 is 5.73 Å². The molecule has 0 bridgehead atoms. The Bertz CT molecular complexity index is 584. The van der Waals surface area contributed by atoms with E-state index in [2.05, 4.69) is 4.90 Å². The van der Waals surface area contributed by atoms with E-state index in [1.165, 1.54) is 24.3 Å². The Hall–Kier alpha value is -1.02. The van der Waals surface area contributed by atoms with E-state index in [4.69, 9.17) is 5.73 Å². The summed E-state index contributed by atoms with van der Waals surface area (Å²) in [5, 5.41) is 0. The molecule has 1 fully saturated rings. The highest BCUT2D eigenvalue weighted by Crippen LogP contribution is 2.24. The fourth-order valence-electron chi connectivity index (χ4n) is 3.07. The minimum Gasteiger partial charge on any atom is -0.329 e. The van der Waals surface area contributed by atoms with Crippen molar-refractivity contribution in [2.75, 3.05) is 32.7 Å². The Kier molecular flexibility index (Phi) is 6.52. The van der Waals surface area contributed by atoms with Gasteiger partial charge in [-0.15, -0.1) is 0 Å². The van der Waals surface area contributed by atoms with Gasteiger partial charge < -0.3 is 10.6 Å². The molecule has 0 unspecified atom stereocenters. The van der Waals surface area contributed by atoms with Crippen LogP contribution in [0.25, 0.3) is 0 Å². The average molecular weight is 343 g/mol. The normalized spacial score (nSPS) is 17.7. The number of hydrogen-bond donors (Lipinski definition) is 1. The maximum Gasteiger partial charge on any atom is 0.243 e. The molecule has 0 spiro atoms. The number of piperidine rings is 1. The number of nitrogens with two attached hydrogens (primary N) is 1. The molecule has 2 N–H and O–H groups in total. The molecule has 1 heterocycles. The van der Waals surface area contributed by atoms with E-state index in [0.717, 1.165) is 38.9 Å². The summed E-state index contributed by atoms with van der Waals surface area (Å²) in [5.41, 5.74) is 5.58. The average Bonchev–Trinajstić information content (AvgIpc) is 2.54. The van der Waals surface area contributed by atoms with Crippen molar-refractivity contribution >= 4 is 10.0 Å². The van der Waals surface area contributed by atoms with Gasteiger partial charge in [0.1, 0.15) is 5.82 Å². The van der Waals surface area contributed by atoms with Crippen molar-refractivity contribution in [3.05, 3.63) is 30.1 Å². The molecular weight excluding hydrogens is 317 g/mol. The van der Waals surface area contributed by atoms with Gasteiger partial charge in [0.05, 0.1) is 4.90 Å². The molecule has 5 nitrogen and oxygen atoms in total. The highest BCUT2D eigenvalue weighted by atomic mass is 32.2. The molecule has 0 radical (unpaired) electrons. The fourth-order valence-corrected chi connectivity index (χ4v) is 4.85. The monoisotopic (exact) mass is 343 g/mol. The number of hydrogen-bond acceptors (Lipinski definition) is 4. The third kappa shape index (κ3) is 4.50. The minimum atomic E-state index is -3.59. The van der Waals surface area contributed by atoms with Gasteiger partial charge in [-0.25, -0.2) is 12.8 Å². The summed E-state index contributed by atoms with van der Waals surface area (Å²) in [5.74, 6) is -0.430. The highest BCUT2D eigenvalue weighted by Gasteiger charge is 2.33. The smallest absolute Gasteiger partial charge is 0.243 e. The summed E-state index contributed by atoms with van der Waals surface area (Å²) in [6.45, 7) is 5.66. The molecule has 7 heteroatoms. The van der Waals surface area contributed by atoms with E-state index in [0.29, 0.717) is 13.1 Å². The van der Waals surface area contributed by atoms with Crippen molar-refractivity contribution in [2.45, 2.75) is 37.1 Å². The summed E-state index contributed by atoms with van der Waals surface area (Å²) in [7, 11) is -3.59. The predicted octanol–water partition coefficient (Wildman–Crippen LogP) is 1.65. The van der Waals surface area contributed by atoms with Crippen LogP contribution in [0.15, 0.2) is 29.2 Å².